The molecule has 1 rings (SSSR count). The molecule has 0 aromatic heterocycles. The van der Waals surface area contributed by atoms with Gasteiger partial charge in [-0.05, 0) is 12.8 Å². The molecule has 2 heteroatoms. The predicted octanol–water partition coefficient (Wildman–Crippen LogP) is 2.40. The molecule has 0 bridgehead atoms. The van der Waals surface area contributed by atoms with Crippen LogP contribution in [-0.4, -0.2) is 18.0 Å². The Kier molecular flexibility index (Phi) is 6.87. The summed E-state index contributed by atoms with van der Waals surface area (Å²) in [6.45, 7) is 4.02. The van der Waals surface area contributed by atoms with Crippen LogP contribution in [0.25, 0.3) is 0 Å². The van der Waals surface area contributed by atoms with Crippen molar-refractivity contribution in [2.24, 2.45) is 11.8 Å². The standard InChI is InChI=1S/C10H18O.CH4O/c1-8(2)10(11)9-6-4-3-5-7-9;1-2/h8-9H,3-7H2,1-2H3;2H,1H3. The van der Waals surface area contributed by atoms with Crippen molar-refractivity contribution < 1.29 is 9.90 Å². The third-order valence-corrected chi connectivity index (χ3v) is 2.58. The van der Waals surface area contributed by atoms with Crippen LogP contribution >= 0.6 is 0 Å². The summed E-state index contributed by atoms with van der Waals surface area (Å²) in [5, 5.41) is 7.00. The molecular formula is C11H22O2. The van der Waals surface area contributed by atoms with E-state index in [9.17, 15) is 4.79 Å². The summed E-state index contributed by atoms with van der Waals surface area (Å²) in [6.07, 6.45) is 6.17. The first-order chi connectivity index (χ1) is 6.22. The van der Waals surface area contributed by atoms with Crippen molar-refractivity contribution in [1.82, 2.24) is 0 Å². The van der Waals surface area contributed by atoms with E-state index in [1.54, 1.807) is 0 Å². The molecule has 0 radical (unpaired) electrons. The predicted molar refractivity (Wildman–Crippen MR) is 54.6 cm³/mol. The number of Topliss-reactive ketones (excluding diaryl/α,β-unsaturated/α-hetero) is 1. The Morgan fingerprint density at radius 2 is 1.62 bits per heavy atom. The van der Waals surface area contributed by atoms with Gasteiger partial charge in [0.2, 0.25) is 0 Å². The Morgan fingerprint density at radius 3 is 2.00 bits per heavy atom. The number of aliphatic hydroxyl groups is 1. The molecule has 1 aliphatic rings. The van der Waals surface area contributed by atoms with E-state index in [2.05, 4.69) is 0 Å². The van der Waals surface area contributed by atoms with E-state index < -0.39 is 0 Å². The molecule has 0 heterocycles. The van der Waals surface area contributed by atoms with Gasteiger partial charge in [-0.2, -0.15) is 0 Å². The molecule has 1 fully saturated rings. The molecular weight excluding hydrogens is 164 g/mol. The van der Waals surface area contributed by atoms with Gasteiger partial charge in [-0.25, -0.2) is 0 Å². The summed E-state index contributed by atoms with van der Waals surface area (Å²) in [5.41, 5.74) is 0. The van der Waals surface area contributed by atoms with E-state index >= 15 is 0 Å². The summed E-state index contributed by atoms with van der Waals surface area (Å²) < 4.78 is 0. The SMILES string of the molecule is CC(C)C(=O)C1CCCCC1.CO. The molecule has 0 aromatic carbocycles. The van der Waals surface area contributed by atoms with Crippen LogP contribution in [0.3, 0.4) is 0 Å². The summed E-state index contributed by atoms with van der Waals surface area (Å²) in [4.78, 5) is 11.5. The Balaban J connectivity index is 0.000000671. The van der Waals surface area contributed by atoms with E-state index in [0.29, 0.717) is 11.7 Å². The highest BCUT2D eigenvalue weighted by atomic mass is 16.2. The number of carbonyl (C=O) groups excluding carboxylic acids is 1. The zero-order chi connectivity index (χ0) is 10.3. The molecule has 1 aliphatic carbocycles. The highest BCUT2D eigenvalue weighted by molar-refractivity contribution is 5.82. The average molecular weight is 186 g/mol. The lowest BCUT2D eigenvalue weighted by atomic mass is 9.83. The third-order valence-electron chi connectivity index (χ3n) is 2.58. The van der Waals surface area contributed by atoms with E-state index in [0.717, 1.165) is 20.0 Å². The van der Waals surface area contributed by atoms with Gasteiger partial charge >= 0.3 is 0 Å². The first-order valence-electron chi connectivity index (χ1n) is 5.20. The number of aliphatic hydroxyl groups excluding tert-OH is 1. The van der Waals surface area contributed by atoms with Crippen LogP contribution in [0.15, 0.2) is 0 Å². The second kappa shape index (κ2) is 7.07. The van der Waals surface area contributed by atoms with Gasteiger partial charge in [-0.1, -0.05) is 33.1 Å². The zero-order valence-electron chi connectivity index (χ0n) is 9.05. The van der Waals surface area contributed by atoms with Crippen molar-refractivity contribution in [3.63, 3.8) is 0 Å². The average Bonchev–Trinajstić information content (AvgIpc) is 2.21. The number of ketones is 1. The van der Waals surface area contributed by atoms with Crippen LogP contribution in [0, 0.1) is 11.8 Å². The minimum atomic E-state index is 0.248. The van der Waals surface area contributed by atoms with Crippen molar-refractivity contribution in [3.8, 4) is 0 Å². The van der Waals surface area contributed by atoms with Crippen LogP contribution in [0.1, 0.15) is 46.0 Å². The first-order valence-corrected chi connectivity index (χ1v) is 5.20. The van der Waals surface area contributed by atoms with Crippen LogP contribution in [0.5, 0.6) is 0 Å². The lowest BCUT2D eigenvalue weighted by Crippen LogP contribution is -2.21. The van der Waals surface area contributed by atoms with Gasteiger partial charge in [0, 0.05) is 18.9 Å². The van der Waals surface area contributed by atoms with Gasteiger partial charge < -0.3 is 5.11 Å². The maximum absolute atomic E-state index is 11.5. The van der Waals surface area contributed by atoms with E-state index in [1.165, 1.54) is 19.3 Å². The Labute approximate surface area is 81.3 Å². The number of hydrogen-bond acceptors (Lipinski definition) is 2. The second-order valence-corrected chi connectivity index (χ2v) is 3.89. The van der Waals surface area contributed by atoms with Gasteiger partial charge in [0.1, 0.15) is 5.78 Å². The smallest absolute Gasteiger partial charge is 0.138 e. The molecule has 0 amide bonds. The number of hydrogen-bond donors (Lipinski definition) is 1. The van der Waals surface area contributed by atoms with Crippen molar-refractivity contribution >= 4 is 5.78 Å². The molecule has 0 atom stereocenters. The summed E-state index contributed by atoms with van der Waals surface area (Å²) in [6, 6.07) is 0. The lowest BCUT2D eigenvalue weighted by molar-refractivity contribution is -0.126. The fourth-order valence-electron chi connectivity index (χ4n) is 1.86. The number of carbonyl (C=O) groups is 1. The van der Waals surface area contributed by atoms with Gasteiger partial charge in [0.05, 0.1) is 0 Å². The minimum absolute atomic E-state index is 0.248. The highest BCUT2D eigenvalue weighted by Gasteiger charge is 2.22. The van der Waals surface area contributed by atoms with E-state index in [4.69, 9.17) is 5.11 Å². The summed E-state index contributed by atoms with van der Waals surface area (Å²) in [7, 11) is 1.00. The fraction of sp³-hybridized carbons (Fsp3) is 0.909. The molecule has 78 valence electrons. The van der Waals surface area contributed by atoms with Crippen LogP contribution in [-0.2, 0) is 4.79 Å². The molecule has 0 unspecified atom stereocenters. The van der Waals surface area contributed by atoms with Gasteiger partial charge in [0.25, 0.3) is 0 Å². The summed E-state index contributed by atoms with van der Waals surface area (Å²) >= 11 is 0. The van der Waals surface area contributed by atoms with Crippen LogP contribution in [0.2, 0.25) is 0 Å². The van der Waals surface area contributed by atoms with E-state index in [1.807, 2.05) is 13.8 Å². The maximum atomic E-state index is 11.5. The zero-order valence-corrected chi connectivity index (χ0v) is 9.05. The van der Waals surface area contributed by atoms with Crippen molar-refractivity contribution in [3.05, 3.63) is 0 Å². The maximum Gasteiger partial charge on any atom is 0.138 e. The first kappa shape index (κ1) is 12.6. The largest absolute Gasteiger partial charge is 0.400 e. The van der Waals surface area contributed by atoms with Gasteiger partial charge in [-0.15, -0.1) is 0 Å². The Bertz CT molecular complexity index is 135. The van der Waals surface area contributed by atoms with Crippen molar-refractivity contribution in [2.45, 2.75) is 46.0 Å². The van der Waals surface area contributed by atoms with Gasteiger partial charge in [-0.3, -0.25) is 4.79 Å². The molecule has 1 N–H and O–H groups in total. The number of rotatable bonds is 2. The molecule has 1 saturated carbocycles. The lowest BCUT2D eigenvalue weighted by Gasteiger charge is -2.21. The third kappa shape index (κ3) is 4.41. The molecule has 2 nitrogen and oxygen atoms in total. The Morgan fingerprint density at radius 1 is 1.15 bits per heavy atom. The Hall–Kier alpha value is -0.370. The molecule has 0 aromatic rings. The normalized spacial score (nSPS) is 17.9. The molecule has 0 saturated heterocycles. The molecule has 0 aliphatic heterocycles. The monoisotopic (exact) mass is 186 g/mol. The topological polar surface area (TPSA) is 37.3 Å². The molecule has 0 spiro atoms. The quantitative estimate of drug-likeness (QED) is 0.719. The van der Waals surface area contributed by atoms with Crippen molar-refractivity contribution in [2.75, 3.05) is 7.11 Å². The summed E-state index contributed by atoms with van der Waals surface area (Å²) in [5.74, 6) is 1.14. The van der Waals surface area contributed by atoms with Gasteiger partial charge in [0.15, 0.2) is 0 Å². The van der Waals surface area contributed by atoms with Crippen LogP contribution < -0.4 is 0 Å². The van der Waals surface area contributed by atoms with Crippen molar-refractivity contribution in [1.29, 1.82) is 0 Å². The minimum Gasteiger partial charge on any atom is -0.400 e. The fourth-order valence-corrected chi connectivity index (χ4v) is 1.86. The second-order valence-electron chi connectivity index (χ2n) is 3.89. The van der Waals surface area contributed by atoms with E-state index in [-0.39, 0.29) is 5.92 Å². The highest BCUT2D eigenvalue weighted by Crippen LogP contribution is 2.26. The van der Waals surface area contributed by atoms with Crippen LogP contribution in [0.4, 0.5) is 0 Å². The molecule has 13 heavy (non-hydrogen) atoms.